The predicted octanol–water partition coefficient (Wildman–Crippen LogP) is 3.90. The molecule has 174 valence electrons. The largest absolute Gasteiger partial charge is 0.439 e. The van der Waals surface area contributed by atoms with Crippen molar-refractivity contribution in [3.8, 4) is 11.6 Å². The number of aliphatic imine (C=N–C) groups is 1. The topological polar surface area (TPSA) is 77.0 Å². The van der Waals surface area contributed by atoms with Crippen molar-refractivity contribution in [2.75, 3.05) is 39.5 Å². The van der Waals surface area contributed by atoms with Gasteiger partial charge in [-0.25, -0.2) is 14.4 Å². The summed E-state index contributed by atoms with van der Waals surface area (Å²) in [6, 6.07) is 9.74. The zero-order valence-corrected chi connectivity index (χ0v) is 18.7. The van der Waals surface area contributed by atoms with E-state index in [0.29, 0.717) is 24.1 Å². The van der Waals surface area contributed by atoms with Gasteiger partial charge in [0, 0.05) is 57.3 Å². The van der Waals surface area contributed by atoms with Gasteiger partial charge in [0.25, 0.3) is 0 Å². The first-order valence-corrected chi connectivity index (χ1v) is 11.3. The first-order chi connectivity index (χ1) is 15.7. The number of rotatable bonds is 11. The van der Waals surface area contributed by atoms with Gasteiger partial charge in [-0.3, -0.25) is 0 Å². The van der Waals surface area contributed by atoms with Crippen LogP contribution in [-0.2, 0) is 16.0 Å². The van der Waals surface area contributed by atoms with Crippen molar-refractivity contribution in [1.82, 2.24) is 15.6 Å². The molecule has 3 rings (SSSR count). The third-order valence-electron chi connectivity index (χ3n) is 5.06. The molecule has 0 spiro atoms. The van der Waals surface area contributed by atoms with Crippen LogP contribution < -0.4 is 15.4 Å². The number of hydrogen-bond acceptors (Lipinski definition) is 5. The molecule has 1 aliphatic rings. The Labute approximate surface area is 189 Å². The second kappa shape index (κ2) is 13.6. The van der Waals surface area contributed by atoms with Crippen LogP contribution in [-0.4, -0.2) is 50.5 Å². The Bertz CT molecular complexity index is 843. The third kappa shape index (κ3) is 8.43. The molecule has 1 saturated heterocycles. The summed E-state index contributed by atoms with van der Waals surface area (Å²) in [4.78, 5) is 8.92. The van der Waals surface area contributed by atoms with Crippen LogP contribution in [0.25, 0.3) is 0 Å². The Hall–Kier alpha value is -2.71. The summed E-state index contributed by atoms with van der Waals surface area (Å²) < 4.78 is 30.4. The van der Waals surface area contributed by atoms with Crippen molar-refractivity contribution in [3.63, 3.8) is 0 Å². The van der Waals surface area contributed by atoms with Gasteiger partial charge in [-0.15, -0.1) is 0 Å². The average Bonchev–Trinajstić information content (AvgIpc) is 2.81. The molecule has 0 bridgehead atoms. The van der Waals surface area contributed by atoms with Crippen LogP contribution in [0, 0.1) is 11.7 Å². The first kappa shape index (κ1) is 23.9. The maximum atomic E-state index is 13.4. The molecule has 1 aromatic heterocycles. The molecule has 7 nitrogen and oxygen atoms in total. The van der Waals surface area contributed by atoms with E-state index >= 15 is 0 Å². The number of hydrogen-bond donors (Lipinski definition) is 2. The number of pyridine rings is 1. The monoisotopic (exact) mass is 444 g/mol. The van der Waals surface area contributed by atoms with Gasteiger partial charge in [0.2, 0.25) is 5.88 Å². The molecule has 1 aromatic carbocycles. The van der Waals surface area contributed by atoms with Crippen LogP contribution in [0.5, 0.6) is 11.6 Å². The summed E-state index contributed by atoms with van der Waals surface area (Å²) in [5.41, 5.74) is 0.814. The van der Waals surface area contributed by atoms with E-state index in [-0.39, 0.29) is 5.82 Å². The maximum Gasteiger partial charge on any atom is 0.224 e. The van der Waals surface area contributed by atoms with E-state index in [1.807, 2.05) is 19.1 Å². The van der Waals surface area contributed by atoms with Gasteiger partial charge in [0.05, 0.1) is 6.54 Å². The van der Waals surface area contributed by atoms with E-state index in [4.69, 9.17) is 14.2 Å². The van der Waals surface area contributed by atoms with Crippen LogP contribution in [0.4, 0.5) is 4.39 Å². The maximum absolute atomic E-state index is 13.4. The number of nitrogens with zero attached hydrogens (tertiary/aromatic N) is 2. The molecule has 1 fully saturated rings. The lowest BCUT2D eigenvalue weighted by Crippen LogP contribution is -2.38. The summed E-state index contributed by atoms with van der Waals surface area (Å²) >= 11 is 0. The second-order valence-corrected chi connectivity index (χ2v) is 7.63. The Morgan fingerprint density at radius 2 is 2.09 bits per heavy atom. The third-order valence-corrected chi connectivity index (χ3v) is 5.06. The fraction of sp³-hybridized carbons (Fsp3) is 0.500. The summed E-state index contributed by atoms with van der Waals surface area (Å²) in [7, 11) is 0. The molecular weight excluding hydrogens is 411 g/mol. The van der Waals surface area contributed by atoms with Crippen molar-refractivity contribution < 1.29 is 18.6 Å². The molecule has 8 heteroatoms. The average molecular weight is 445 g/mol. The molecule has 2 aromatic rings. The molecule has 0 atom stereocenters. The molecule has 0 aliphatic carbocycles. The fourth-order valence-electron chi connectivity index (χ4n) is 3.33. The van der Waals surface area contributed by atoms with Crippen molar-refractivity contribution in [2.24, 2.45) is 10.9 Å². The van der Waals surface area contributed by atoms with Gasteiger partial charge in [0.15, 0.2) is 5.96 Å². The van der Waals surface area contributed by atoms with Crippen molar-refractivity contribution >= 4 is 5.96 Å². The minimum absolute atomic E-state index is 0.353. The van der Waals surface area contributed by atoms with Gasteiger partial charge < -0.3 is 24.8 Å². The predicted molar refractivity (Wildman–Crippen MR) is 123 cm³/mol. The number of aromatic nitrogens is 1. The van der Waals surface area contributed by atoms with Crippen molar-refractivity contribution in [2.45, 2.75) is 32.7 Å². The molecule has 0 unspecified atom stereocenters. The molecule has 1 aliphatic heterocycles. The summed E-state index contributed by atoms with van der Waals surface area (Å²) in [6.45, 7) is 7.16. The quantitative estimate of drug-likeness (QED) is 0.311. The summed E-state index contributed by atoms with van der Waals surface area (Å²) in [6.07, 6.45) is 4.73. The minimum atomic E-state index is -0.353. The Morgan fingerprint density at radius 3 is 2.91 bits per heavy atom. The SMILES string of the molecule is CCNC(=NCc1cccnc1Oc1cccc(F)c1)NCCCOCC1CCOCC1. The smallest absolute Gasteiger partial charge is 0.224 e. The lowest BCUT2D eigenvalue weighted by molar-refractivity contribution is 0.0203. The molecule has 0 saturated carbocycles. The van der Waals surface area contributed by atoms with Crippen molar-refractivity contribution in [3.05, 3.63) is 54.0 Å². The molecule has 2 N–H and O–H groups in total. The zero-order chi connectivity index (χ0) is 22.4. The molecule has 0 radical (unpaired) electrons. The molecular formula is C24H33FN4O3. The van der Waals surface area contributed by atoms with E-state index in [0.717, 1.165) is 70.3 Å². The molecule has 32 heavy (non-hydrogen) atoms. The number of ether oxygens (including phenoxy) is 3. The normalized spacial score (nSPS) is 14.9. The summed E-state index contributed by atoms with van der Waals surface area (Å²) in [5.74, 6) is 1.81. The van der Waals surface area contributed by atoms with Gasteiger partial charge in [-0.2, -0.15) is 0 Å². The highest BCUT2D eigenvalue weighted by molar-refractivity contribution is 5.79. The van der Waals surface area contributed by atoms with Gasteiger partial charge in [-0.1, -0.05) is 12.1 Å². The molecule has 0 amide bonds. The molecule has 2 heterocycles. The van der Waals surface area contributed by atoms with E-state index < -0.39 is 0 Å². The van der Waals surface area contributed by atoms with E-state index in [1.54, 1.807) is 18.3 Å². The zero-order valence-electron chi connectivity index (χ0n) is 18.7. The van der Waals surface area contributed by atoms with E-state index in [2.05, 4.69) is 20.6 Å². The first-order valence-electron chi connectivity index (χ1n) is 11.3. The van der Waals surface area contributed by atoms with Crippen LogP contribution in [0.15, 0.2) is 47.6 Å². The lowest BCUT2D eigenvalue weighted by atomic mass is 10.0. The lowest BCUT2D eigenvalue weighted by Gasteiger charge is -2.21. The highest BCUT2D eigenvalue weighted by Gasteiger charge is 2.13. The Morgan fingerprint density at radius 1 is 1.22 bits per heavy atom. The van der Waals surface area contributed by atoms with Gasteiger partial charge in [-0.05, 0) is 50.3 Å². The van der Waals surface area contributed by atoms with Gasteiger partial charge in [0.1, 0.15) is 11.6 Å². The fourth-order valence-corrected chi connectivity index (χ4v) is 3.33. The minimum Gasteiger partial charge on any atom is -0.439 e. The van der Waals surface area contributed by atoms with Crippen LogP contribution in [0.3, 0.4) is 0 Å². The highest BCUT2D eigenvalue weighted by atomic mass is 19.1. The standard InChI is InChI=1S/C24H33FN4O3/c1-2-26-24(28-12-5-13-31-18-19-9-14-30-15-10-19)29-17-20-6-4-11-27-23(20)32-22-8-3-7-21(25)16-22/h3-4,6-8,11,16,19H,2,5,9-10,12-15,17-18H2,1H3,(H2,26,28,29). The second-order valence-electron chi connectivity index (χ2n) is 7.63. The number of nitrogens with one attached hydrogen (secondary N) is 2. The van der Waals surface area contributed by atoms with Crippen LogP contribution >= 0.6 is 0 Å². The van der Waals surface area contributed by atoms with Crippen molar-refractivity contribution in [1.29, 1.82) is 0 Å². The van der Waals surface area contributed by atoms with Crippen LogP contribution in [0.1, 0.15) is 31.7 Å². The van der Waals surface area contributed by atoms with E-state index in [9.17, 15) is 4.39 Å². The Kier molecular flexibility index (Phi) is 10.2. The van der Waals surface area contributed by atoms with Gasteiger partial charge >= 0.3 is 0 Å². The Balaban J connectivity index is 1.46. The number of guanidine groups is 1. The van der Waals surface area contributed by atoms with E-state index in [1.165, 1.54) is 12.1 Å². The number of halogens is 1. The van der Waals surface area contributed by atoms with Crippen LogP contribution in [0.2, 0.25) is 0 Å². The highest BCUT2D eigenvalue weighted by Crippen LogP contribution is 2.24. The number of benzene rings is 1. The summed E-state index contributed by atoms with van der Waals surface area (Å²) in [5, 5.41) is 6.58.